The molecule has 8 heteroatoms. The van der Waals surface area contributed by atoms with Crippen LogP contribution in [-0.4, -0.2) is 22.6 Å². The first-order chi connectivity index (χ1) is 14.5. The van der Waals surface area contributed by atoms with Gasteiger partial charge in [0.2, 0.25) is 5.91 Å². The first kappa shape index (κ1) is 21.4. The maximum absolute atomic E-state index is 12.5. The van der Waals surface area contributed by atoms with Crippen LogP contribution in [0, 0.1) is 6.92 Å². The molecule has 30 heavy (non-hydrogen) atoms. The van der Waals surface area contributed by atoms with Crippen LogP contribution in [0.1, 0.15) is 17.1 Å². The number of nitrogens with zero attached hydrogens (tertiary/aromatic N) is 2. The third kappa shape index (κ3) is 5.61. The Morgan fingerprint density at radius 2 is 1.83 bits per heavy atom. The molecule has 1 N–H and O–H groups in total. The summed E-state index contributed by atoms with van der Waals surface area (Å²) in [4.78, 5) is 29.3. The number of nitrogens with one attached hydrogen (secondary N) is 1. The maximum atomic E-state index is 12.5. The molecule has 2 aromatic carbocycles. The van der Waals surface area contributed by atoms with E-state index < -0.39 is 0 Å². The van der Waals surface area contributed by atoms with Gasteiger partial charge >= 0.3 is 0 Å². The highest BCUT2D eigenvalue weighted by atomic mass is 35.5. The molecule has 0 radical (unpaired) electrons. The third-order valence-electron chi connectivity index (χ3n) is 4.38. The Balaban J connectivity index is 1.69. The fourth-order valence-electron chi connectivity index (χ4n) is 2.81. The summed E-state index contributed by atoms with van der Waals surface area (Å²) in [6.07, 6.45) is 0. The first-order valence-electron chi connectivity index (χ1n) is 9.30. The van der Waals surface area contributed by atoms with Crippen LogP contribution in [-0.2, 0) is 24.5 Å². The van der Waals surface area contributed by atoms with Crippen molar-refractivity contribution in [2.45, 2.75) is 26.6 Å². The molecule has 0 fully saturated rings. The summed E-state index contributed by atoms with van der Waals surface area (Å²) in [5.41, 5.74) is 1.04. The summed E-state index contributed by atoms with van der Waals surface area (Å²) in [6.45, 7) is 1.86. The predicted octanol–water partition coefficient (Wildman–Crippen LogP) is 3.11. The van der Waals surface area contributed by atoms with Crippen LogP contribution in [0.25, 0.3) is 0 Å². The average molecular weight is 428 g/mol. The summed E-state index contributed by atoms with van der Waals surface area (Å²) in [5, 5.41) is 3.35. The first-order valence-corrected chi connectivity index (χ1v) is 9.68. The summed E-state index contributed by atoms with van der Waals surface area (Å²) in [6, 6.07) is 15.7. The van der Waals surface area contributed by atoms with E-state index in [1.54, 1.807) is 44.4 Å². The Hall–Kier alpha value is -3.32. The van der Waals surface area contributed by atoms with Gasteiger partial charge in [-0.25, -0.2) is 4.98 Å². The quantitative estimate of drug-likeness (QED) is 0.597. The largest absolute Gasteiger partial charge is 0.497 e. The number of hydrogen-bond acceptors (Lipinski definition) is 5. The van der Waals surface area contributed by atoms with Crippen LogP contribution in [0.3, 0.4) is 0 Å². The van der Waals surface area contributed by atoms with E-state index in [-0.39, 0.29) is 31.2 Å². The van der Waals surface area contributed by atoms with Gasteiger partial charge in [-0.3, -0.25) is 14.2 Å². The van der Waals surface area contributed by atoms with Gasteiger partial charge in [0.05, 0.1) is 7.11 Å². The van der Waals surface area contributed by atoms with Crippen LogP contribution in [0.15, 0.2) is 59.4 Å². The number of ether oxygens (including phenoxy) is 2. The van der Waals surface area contributed by atoms with E-state index >= 15 is 0 Å². The van der Waals surface area contributed by atoms with E-state index in [0.29, 0.717) is 28.0 Å². The lowest BCUT2D eigenvalue weighted by Crippen LogP contribution is -2.34. The van der Waals surface area contributed by atoms with Gasteiger partial charge in [-0.2, -0.15) is 0 Å². The second-order valence-corrected chi connectivity index (χ2v) is 6.98. The molecule has 156 valence electrons. The monoisotopic (exact) mass is 427 g/mol. The summed E-state index contributed by atoms with van der Waals surface area (Å²) < 4.78 is 12.2. The fourth-order valence-corrected chi connectivity index (χ4v) is 3.02. The molecule has 1 amide bonds. The van der Waals surface area contributed by atoms with Crippen LogP contribution >= 0.6 is 11.6 Å². The second-order valence-electron chi connectivity index (χ2n) is 6.57. The third-order valence-corrected chi connectivity index (χ3v) is 4.75. The zero-order valence-electron chi connectivity index (χ0n) is 16.7. The van der Waals surface area contributed by atoms with Crippen molar-refractivity contribution in [3.63, 3.8) is 0 Å². The molecule has 0 aliphatic heterocycles. The van der Waals surface area contributed by atoms with Crippen molar-refractivity contribution in [2.24, 2.45) is 0 Å². The molecule has 0 saturated carbocycles. The standard InChI is InChI=1S/C22H22ClN3O4/c1-15-11-22(28)26(13-21(27)24-12-16-5-3-4-6-19(16)23)20(25-15)14-30-18-9-7-17(29-2)8-10-18/h3-11H,12-14H2,1-2H3,(H,24,27). The Labute approximate surface area is 179 Å². The number of aromatic nitrogens is 2. The van der Waals surface area contributed by atoms with Gasteiger partial charge in [0.1, 0.15) is 30.5 Å². The minimum absolute atomic E-state index is 0.0427. The van der Waals surface area contributed by atoms with Gasteiger partial charge in [0.25, 0.3) is 5.56 Å². The van der Waals surface area contributed by atoms with Crippen LogP contribution < -0.4 is 20.3 Å². The van der Waals surface area contributed by atoms with E-state index in [4.69, 9.17) is 21.1 Å². The summed E-state index contributed by atoms with van der Waals surface area (Å²) in [7, 11) is 1.59. The predicted molar refractivity (Wildman–Crippen MR) is 114 cm³/mol. The number of benzene rings is 2. The van der Waals surface area contributed by atoms with Gasteiger partial charge in [-0.05, 0) is 42.8 Å². The zero-order chi connectivity index (χ0) is 21.5. The topological polar surface area (TPSA) is 82.5 Å². The van der Waals surface area contributed by atoms with Gasteiger partial charge in [0.15, 0.2) is 0 Å². The SMILES string of the molecule is COc1ccc(OCc2nc(C)cc(=O)n2CC(=O)NCc2ccccc2Cl)cc1. The number of carbonyl (C=O) groups is 1. The Morgan fingerprint density at radius 3 is 2.53 bits per heavy atom. The molecular formula is C22H22ClN3O4. The van der Waals surface area contributed by atoms with Crippen molar-refractivity contribution in [1.29, 1.82) is 0 Å². The molecule has 1 aromatic heterocycles. The highest BCUT2D eigenvalue weighted by Crippen LogP contribution is 2.18. The Morgan fingerprint density at radius 1 is 1.13 bits per heavy atom. The summed E-state index contributed by atoms with van der Waals surface area (Å²) in [5.74, 6) is 1.35. The number of hydrogen-bond donors (Lipinski definition) is 1. The molecule has 0 unspecified atom stereocenters. The minimum atomic E-state index is -0.326. The van der Waals surface area contributed by atoms with Crippen molar-refractivity contribution in [3.05, 3.63) is 87.1 Å². The van der Waals surface area contributed by atoms with Crippen molar-refractivity contribution < 1.29 is 14.3 Å². The van der Waals surface area contributed by atoms with Crippen molar-refractivity contribution in [2.75, 3.05) is 7.11 Å². The zero-order valence-corrected chi connectivity index (χ0v) is 17.5. The van der Waals surface area contributed by atoms with E-state index in [2.05, 4.69) is 10.3 Å². The minimum Gasteiger partial charge on any atom is -0.497 e. The molecule has 1 heterocycles. The molecule has 7 nitrogen and oxygen atoms in total. The summed E-state index contributed by atoms with van der Waals surface area (Å²) >= 11 is 6.11. The average Bonchev–Trinajstić information content (AvgIpc) is 2.74. The maximum Gasteiger partial charge on any atom is 0.254 e. The second kappa shape index (κ2) is 9.93. The molecule has 0 atom stereocenters. The fraction of sp³-hybridized carbons (Fsp3) is 0.227. The molecule has 0 aliphatic rings. The number of rotatable bonds is 8. The lowest BCUT2D eigenvalue weighted by Gasteiger charge is -2.14. The van der Waals surface area contributed by atoms with Gasteiger partial charge in [-0.1, -0.05) is 29.8 Å². The lowest BCUT2D eigenvalue weighted by molar-refractivity contribution is -0.121. The molecule has 0 bridgehead atoms. The smallest absolute Gasteiger partial charge is 0.254 e. The Bertz CT molecular complexity index is 1080. The number of amides is 1. The molecule has 0 spiro atoms. The van der Waals surface area contributed by atoms with Crippen molar-refractivity contribution in [3.8, 4) is 11.5 Å². The number of methoxy groups -OCH3 is 1. The van der Waals surface area contributed by atoms with Gasteiger partial charge < -0.3 is 14.8 Å². The van der Waals surface area contributed by atoms with Crippen molar-refractivity contribution >= 4 is 17.5 Å². The highest BCUT2D eigenvalue weighted by molar-refractivity contribution is 6.31. The molecular weight excluding hydrogens is 406 g/mol. The number of halogens is 1. The number of carbonyl (C=O) groups excluding carboxylic acids is 1. The van der Waals surface area contributed by atoms with E-state index in [9.17, 15) is 9.59 Å². The normalized spacial score (nSPS) is 10.5. The van der Waals surface area contributed by atoms with Crippen LogP contribution in [0.4, 0.5) is 0 Å². The molecule has 0 aliphatic carbocycles. The van der Waals surface area contributed by atoms with E-state index in [1.165, 1.54) is 10.6 Å². The van der Waals surface area contributed by atoms with E-state index in [0.717, 1.165) is 5.56 Å². The van der Waals surface area contributed by atoms with Crippen LogP contribution in [0.2, 0.25) is 5.02 Å². The van der Waals surface area contributed by atoms with Gasteiger partial charge in [0, 0.05) is 23.3 Å². The van der Waals surface area contributed by atoms with Crippen LogP contribution in [0.5, 0.6) is 11.5 Å². The molecule has 3 rings (SSSR count). The number of aryl methyl sites for hydroxylation is 1. The van der Waals surface area contributed by atoms with E-state index in [1.807, 2.05) is 18.2 Å². The Kier molecular flexibility index (Phi) is 7.08. The van der Waals surface area contributed by atoms with Gasteiger partial charge in [-0.15, -0.1) is 0 Å². The van der Waals surface area contributed by atoms with Crippen molar-refractivity contribution in [1.82, 2.24) is 14.9 Å². The lowest BCUT2D eigenvalue weighted by atomic mass is 10.2. The molecule has 0 saturated heterocycles. The molecule has 3 aromatic rings. The highest BCUT2D eigenvalue weighted by Gasteiger charge is 2.13.